The summed E-state index contributed by atoms with van der Waals surface area (Å²) >= 11 is 0. The Hall–Kier alpha value is -2.21. The van der Waals surface area contributed by atoms with E-state index in [1.807, 2.05) is 18.0 Å². The second kappa shape index (κ2) is 5.65. The van der Waals surface area contributed by atoms with Crippen LogP contribution in [0, 0.1) is 10.1 Å². The minimum Gasteiger partial charge on any atom is -0.367 e. The molecule has 21 heavy (non-hydrogen) atoms. The van der Waals surface area contributed by atoms with Crippen LogP contribution in [-0.4, -0.2) is 36.1 Å². The van der Waals surface area contributed by atoms with Crippen LogP contribution in [0.4, 0.5) is 11.4 Å². The first-order chi connectivity index (χ1) is 10.2. The molecule has 1 aliphatic rings. The molecule has 1 aromatic carbocycles. The van der Waals surface area contributed by atoms with E-state index in [-0.39, 0.29) is 10.6 Å². The largest absolute Gasteiger partial charge is 0.367 e. The average molecular weight is 286 g/mol. The summed E-state index contributed by atoms with van der Waals surface area (Å²) < 4.78 is 0. The fraction of sp³-hybridized carbons (Fsp3) is 0.400. The predicted octanol–water partition coefficient (Wildman–Crippen LogP) is 2.33. The maximum atomic E-state index is 11.5. The number of hydrogen-bond donors (Lipinski definition) is 1. The monoisotopic (exact) mass is 286 g/mol. The zero-order valence-electron chi connectivity index (χ0n) is 12.0. The van der Waals surface area contributed by atoms with Crippen molar-refractivity contribution in [1.82, 2.24) is 10.3 Å². The van der Waals surface area contributed by atoms with Gasteiger partial charge in [-0.2, -0.15) is 0 Å². The Morgan fingerprint density at radius 2 is 2.33 bits per heavy atom. The van der Waals surface area contributed by atoms with E-state index in [4.69, 9.17) is 0 Å². The van der Waals surface area contributed by atoms with E-state index in [9.17, 15) is 10.1 Å². The SMILES string of the molecule is CN(CC1CCCN1)c1ccc2ncccc2c1[N+](=O)[O-]. The van der Waals surface area contributed by atoms with Crippen LogP contribution in [0.1, 0.15) is 12.8 Å². The molecule has 1 N–H and O–H groups in total. The van der Waals surface area contributed by atoms with Gasteiger partial charge in [-0.15, -0.1) is 0 Å². The summed E-state index contributed by atoms with van der Waals surface area (Å²) in [6, 6.07) is 7.53. The van der Waals surface area contributed by atoms with E-state index in [2.05, 4.69) is 10.3 Å². The third kappa shape index (κ3) is 2.67. The summed E-state index contributed by atoms with van der Waals surface area (Å²) in [5, 5.41) is 15.5. The van der Waals surface area contributed by atoms with E-state index in [0.29, 0.717) is 22.6 Å². The molecule has 1 aromatic heterocycles. The summed E-state index contributed by atoms with van der Waals surface area (Å²) in [5.74, 6) is 0. The number of nitrogens with one attached hydrogen (secondary N) is 1. The van der Waals surface area contributed by atoms with Gasteiger partial charge in [0.05, 0.1) is 15.8 Å². The molecular weight excluding hydrogens is 268 g/mol. The highest BCUT2D eigenvalue weighted by Gasteiger charge is 2.24. The van der Waals surface area contributed by atoms with Crippen molar-refractivity contribution in [2.75, 3.05) is 25.0 Å². The Morgan fingerprint density at radius 3 is 3.05 bits per heavy atom. The molecule has 1 aliphatic heterocycles. The highest BCUT2D eigenvalue weighted by atomic mass is 16.6. The van der Waals surface area contributed by atoms with Crippen LogP contribution in [0.2, 0.25) is 0 Å². The molecule has 0 bridgehead atoms. The number of anilines is 1. The number of aromatic nitrogens is 1. The summed E-state index contributed by atoms with van der Waals surface area (Å²) in [6.45, 7) is 1.80. The fourth-order valence-electron chi connectivity index (χ4n) is 2.97. The molecule has 1 fully saturated rings. The first kappa shape index (κ1) is 13.8. The number of hydrogen-bond acceptors (Lipinski definition) is 5. The highest BCUT2D eigenvalue weighted by molar-refractivity contribution is 5.94. The number of rotatable bonds is 4. The minimum atomic E-state index is -0.308. The van der Waals surface area contributed by atoms with Crippen molar-refractivity contribution in [2.45, 2.75) is 18.9 Å². The number of nitro benzene ring substituents is 1. The number of nitro groups is 1. The maximum absolute atomic E-state index is 11.5. The van der Waals surface area contributed by atoms with Gasteiger partial charge in [-0.25, -0.2) is 0 Å². The van der Waals surface area contributed by atoms with Crippen molar-refractivity contribution in [3.63, 3.8) is 0 Å². The Morgan fingerprint density at radius 1 is 1.48 bits per heavy atom. The number of pyridine rings is 1. The van der Waals surface area contributed by atoms with Crippen LogP contribution in [0.5, 0.6) is 0 Å². The summed E-state index contributed by atoms with van der Waals surface area (Å²) in [6.07, 6.45) is 3.94. The minimum absolute atomic E-state index is 0.140. The Bertz CT molecular complexity index is 668. The molecule has 0 radical (unpaired) electrons. The second-order valence-corrected chi connectivity index (χ2v) is 5.43. The summed E-state index contributed by atoms with van der Waals surface area (Å²) in [7, 11) is 1.91. The lowest BCUT2D eigenvalue weighted by Gasteiger charge is -2.23. The summed E-state index contributed by atoms with van der Waals surface area (Å²) in [4.78, 5) is 17.4. The molecule has 6 heteroatoms. The van der Waals surface area contributed by atoms with Gasteiger partial charge in [0.2, 0.25) is 0 Å². The highest BCUT2D eigenvalue weighted by Crippen LogP contribution is 2.34. The molecule has 2 aromatic rings. The van der Waals surface area contributed by atoms with Crippen molar-refractivity contribution in [3.8, 4) is 0 Å². The fourth-order valence-corrected chi connectivity index (χ4v) is 2.97. The number of fused-ring (bicyclic) bond motifs is 1. The van der Waals surface area contributed by atoms with Crippen molar-refractivity contribution < 1.29 is 4.92 Å². The quantitative estimate of drug-likeness (QED) is 0.690. The van der Waals surface area contributed by atoms with E-state index in [1.165, 1.54) is 6.42 Å². The Labute approximate surface area is 122 Å². The van der Waals surface area contributed by atoms with Crippen LogP contribution in [0.3, 0.4) is 0 Å². The van der Waals surface area contributed by atoms with Gasteiger partial charge < -0.3 is 10.2 Å². The van der Waals surface area contributed by atoms with Gasteiger partial charge >= 0.3 is 5.69 Å². The van der Waals surface area contributed by atoms with E-state index in [1.54, 1.807) is 24.4 Å². The van der Waals surface area contributed by atoms with Crippen LogP contribution >= 0.6 is 0 Å². The topological polar surface area (TPSA) is 71.3 Å². The molecule has 0 saturated carbocycles. The lowest BCUT2D eigenvalue weighted by molar-refractivity contribution is -0.382. The first-order valence-electron chi connectivity index (χ1n) is 7.13. The molecule has 1 saturated heterocycles. The van der Waals surface area contributed by atoms with Gasteiger partial charge in [0.15, 0.2) is 0 Å². The lowest BCUT2D eigenvalue weighted by Crippen LogP contribution is -2.35. The molecule has 1 atom stereocenters. The van der Waals surface area contributed by atoms with Gasteiger partial charge in [0.1, 0.15) is 5.69 Å². The molecule has 0 aliphatic carbocycles. The van der Waals surface area contributed by atoms with Crippen molar-refractivity contribution in [3.05, 3.63) is 40.6 Å². The number of nitrogens with zero attached hydrogens (tertiary/aromatic N) is 3. The smallest absolute Gasteiger partial charge is 0.301 e. The normalized spacial score (nSPS) is 18.0. The maximum Gasteiger partial charge on any atom is 0.301 e. The Kier molecular flexibility index (Phi) is 3.70. The van der Waals surface area contributed by atoms with Crippen molar-refractivity contribution in [2.24, 2.45) is 0 Å². The molecular formula is C15H18N4O2. The number of benzene rings is 1. The van der Waals surface area contributed by atoms with Crippen LogP contribution < -0.4 is 10.2 Å². The lowest BCUT2D eigenvalue weighted by atomic mass is 10.1. The van der Waals surface area contributed by atoms with Crippen LogP contribution in [-0.2, 0) is 0 Å². The molecule has 110 valence electrons. The third-order valence-electron chi connectivity index (χ3n) is 3.99. The van der Waals surface area contributed by atoms with Crippen molar-refractivity contribution in [1.29, 1.82) is 0 Å². The van der Waals surface area contributed by atoms with E-state index >= 15 is 0 Å². The molecule has 1 unspecified atom stereocenters. The molecule has 2 heterocycles. The average Bonchev–Trinajstić information content (AvgIpc) is 2.98. The standard InChI is InChI=1S/C15H18N4O2/c1-18(10-11-4-2-8-16-11)14-7-6-13-12(5-3-9-17-13)15(14)19(20)21/h3,5-7,9,11,16H,2,4,8,10H2,1H3. The van der Waals surface area contributed by atoms with E-state index in [0.717, 1.165) is 19.5 Å². The Balaban J connectivity index is 2.00. The number of likely N-dealkylation sites (N-methyl/N-ethyl adjacent to an activating group) is 1. The van der Waals surface area contributed by atoms with Gasteiger partial charge in [-0.3, -0.25) is 15.1 Å². The van der Waals surface area contributed by atoms with Gasteiger partial charge in [-0.1, -0.05) is 0 Å². The first-order valence-corrected chi connectivity index (χ1v) is 7.13. The predicted molar refractivity (Wildman–Crippen MR) is 82.7 cm³/mol. The third-order valence-corrected chi connectivity index (χ3v) is 3.99. The molecule has 0 spiro atoms. The van der Waals surface area contributed by atoms with Gasteiger partial charge in [0, 0.05) is 25.8 Å². The van der Waals surface area contributed by atoms with Gasteiger partial charge in [-0.05, 0) is 43.7 Å². The van der Waals surface area contributed by atoms with Gasteiger partial charge in [0.25, 0.3) is 0 Å². The molecule has 6 nitrogen and oxygen atoms in total. The zero-order valence-corrected chi connectivity index (χ0v) is 12.0. The summed E-state index contributed by atoms with van der Waals surface area (Å²) in [5.41, 5.74) is 1.44. The molecule has 0 amide bonds. The van der Waals surface area contributed by atoms with E-state index < -0.39 is 0 Å². The van der Waals surface area contributed by atoms with Crippen LogP contribution in [0.15, 0.2) is 30.5 Å². The molecule has 3 rings (SSSR count). The van der Waals surface area contributed by atoms with Crippen LogP contribution in [0.25, 0.3) is 10.9 Å². The zero-order chi connectivity index (χ0) is 14.8. The second-order valence-electron chi connectivity index (χ2n) is 5.43. The van der Waals surface area contributed by atoms with Crippen molar-refractivity contribution >= 4 is 22.3 Å².